The number of carbonyl (C=O) groups is 2. The number of hydrogen-bond acceptors (Lipinski definition) is 4. The molecule has 196 valence electrons. The minimum absolute atomic E-state index is 0.0442. The fourth-order valence-electron chi connectivity index (χ4n) is 5.29. The van der Waals surface area contributed by atoms with Gasteiger partial charge in [-0.25, -0.2) is 4.39 Å². The number of rotatable bonds is 7. The van der Waals surface area contributed by atoms with Crippen LogP contribution in [0.25, 0.3) is 0 Å². The molecule has 0 aliphatic carbocycles. The van der Waals surface area contributed by atoms with Gasteiger partial charge >= 0.3 is 0 Å². The van der Waals surface area contributed by atoms with Crippen molar-refractivity contribution in [1.82, 2.24) is 4.90 Å². The molecule has 1 unspecified atom stereocenters. The van der Waals surface area contributed by atoms with E-state index in [1.807, 2.05) is 30.3 Å². The average molecular weight is 597 g/mol. The van der Waals surface area contributed by atoms with Gasteiger partial charge in [0.05, 0.1) is 6.21 Å². The van der Waals surface area contributed by atoms with Gasteiger partial charge in [0.25, 0.3) is 5.91 Å². The van der Waals surface area contributed by atoms with Gasteiger partial charge in [-0.2, -0.15) is 0 Å². The summed E-state index contributed by atoms with van der Waals surface area (Å²) < 4.78 is 15.6. The van der Waals surface area contributed by atoms with Gasteiger partial charge in [0.1, 0.15) is 11.9 Å². The number of anilines is 1. The molecule has 8 heteroatoms. The quantitative estimate of drug-likeness (QED) is 0.284. The van der Waals surface area contributed by atoms with E-state index in [2.05, 4.69) is 25.8 Å². The second-order valence-corrected chi connectivity index (χ2v) is 11.1. The molecule has 2 heterocycles. The maximum Gasteiger partial charge on any atom is 0.269 e. The van der Waals surface area contributed by atoms with Crippen molar-refractivity contribution in [3.63, 3.8) is 0 Å². The second kappa shape index (κ2) is 11.9. The van der Waals surface area contributed by atoms with Crippen LogP contribution in [-0.2, 0) is 4.79 Å². The van der Waals surface area contributed by atoms with E-state index in [1.165, 1.54) is 12.3 Å². The van der Waals surface area contributed by atoms with Gasteiger partial charge in [0.2, 0.25) is 0 Å². The van der Waals surface area contributed by atoms with Gasteiger partial charge in [-0.05, 0) is 75.3 Å². The molecule has 5 nitrogen and oxygen atoms in total. The molecule has 0 N–H and O–H groups in total. The lowest BCUT2D eigenvalue weighted by Gasteiger charge is -2.32. The lowest BCUT2D eigenvalue weighted by atomic mass is 9.89. The van der Waals surface area contributed by atoms with E-state index in [-0.39, 0.29) is 23.4 Å². The first-order valence-corrected chi connectivity index (χ1v) is 14.0. The third-order valence-corrected chi connectivity index (χ3v) is 8.08. The molecule has 2 aliphatic rings. The van der Waals surface area contributed by atoms with Crippen molar-refractivity contribution >= 4 is 51.1 Å². The zero-order valence-electron chi connectivity index (χ0n) is 20.8. The maximum atomic E-state index is 14.7. The fraction of sp³-hybridized carbons (Fsp3) is 0.300. The standard InChI is InChI=1S/C30H28BrClFN3O2/c31-22-8-6-20(7-9-22)30(38)21-12-16-35(17-13-21)14-3-15-36-27-11-10-23(32)18-25(27)29(34-19-28(36)37)24-4-1-2-5-26(24)33/h1-2,4-11,18-19,21,29H,3,12-17H2. The highest BCUT2D eigenvalue weighted by Crippen LogP contribution is 2.38. The molecule has 5 rings (SSSR count). The Morgan fingerprint density at radius 3 is 2.47 bits per heavy atom. The van der Waals surface area contributed by atoms with E-state index in [9.17, 15) is 14.0 Å². The van der Waals surface area contributed by atoms with E-state index in [0.717, 1.165) is 48.9 Å². The van der Waals surface area contributed by atoms with Gasteiger partial charge in [-0.3, -0.25) is 14.6 Å². The summed E-state index contributed by atoms with van der Waals surface area (Å²) in [6.45, 7) is 3.02. The average Bonchev–Trinajstić information content (AvgIpc) is 3.05. The van der Waals surface area contributed by atoms with Gasteiger partial charge in [-0.15, -0.1) is 0 Å². The van der Waals surface area contributed by atoms with Gasteiger partial charge in [0.15, 0.2) is 5.78 Å². The number of ketones is 1. The number of piperidine rings is 1. The van der Waals surface area contributed by atoms with Crippen LogP contribution in [0, 0.1) is 11.7 Å². The van der Waals surface area contributed by atoms with Crippen LogP contribution >= 0.6 is 27.5 Å². The number of aliphatic imine (C=N–C) groups is 1. The van der Waals surface area contributed by atoms with Crippen molar-refractivity contribution in [2.75, 3.05) is 31.1 Å². The van der Waals surface area contributed by atoms with Crippen molar-refractivity contribution in [2.45, 2.75) is 25.3 Å². The number of fused-ring (bicyclic) bond motifs is 1. The zero-order chi connectivity index (χ0) is 26.6. The van der Waals surface area contributed by atoms with E-state index in [0.29, 0.717) is 28.4 Å². The molecular formula is C30H28BrClFN3O2. The predicted molar refractivity (Wildman–Crippen MR) is 153 cm³/mol. The normalized spacial score (nSPS) is 18.3. The molecule has 1 atom stereocenters. The molecule has 2 aliphatic heterocycles. The summed E-state index contributed by atoms with van der Waals surface area (Å²) in [6, 6.07) is 18.7. The molecular weight excluding hydrogens is 569 g/mol. The topological polar surface area (TPSA) is 53.0 Å². The van der Waals surface area contributed by atoms with Crippen LogP contribution in [0.2, 0.25) is 5.02 Å². The Morgan fingerprint density at radius 1 is 1.00 bits per heavy atom. The van der Waals surface area contributed by atoms with Crippen molar-refractivity contribution in [2.24, 2.45) is 10.9 Å². The number of hydrogen-bond donors (Lipinski definition) is 0. The number of nitrogens with zero attached hydrogens (tertiary/aromatic N) is 3. The van der Waals surface area contributed by atoms with Crippen molar-refractivity contribution in [3.05, 3.63) is 98.7 Å². The minimum Gasteiger partial charge on any atom is -0.307 e. The van der Waals surface area contributed by atoms with Crippen molar-refractivity contribution < 1.29 is 14.0 Å². The van der Waals surface area contributed by atoms with Gasteiger partial charge < -0.3 is 9.80 Å². The molecule has 0 saturated carbocycles. The first-order valence-electron chi connectivity index (χ1n) is 12.8. The summed E-state index contributed by atoms with van der Waals surface area (Å²) in [5.74, 6) is -0.344. The van der Waals surface area contributed by atoms with Crippen LogP contribution in [0.1, 0.15) is 46.8 Å². The largest absolute Gasteiger partial charge is 0.307 e. The van der Waals surface area contributed by atoms with Crippen molar-refractivity contribution in [1.29, 1.82) is 0 Å². The smallest absolute Gasteiger partial charge is 0.269 e. The Labute approximate surface area is 235 Å². The Hall–Kier alpha value is -2.87. The summed E-state index contributed by atoms with van der Waals surface area (Å²) in [4.78, 5) is 34.5. The summed E-state index contributed by atoms with van der Waals surface area (Å²) in [5.41, 5.74) is 2.57. The monoisotopic (exact) mass is 595 g/mol. The molecule has 0 bridgehead atoms. The lowest BCUT2D eigenvalue weighted by Crippen LogP contribution is -2.39. The molecule has 3 aromatic carbocycles. The first kappa shape index (κ1) is 26.7. The van der Waals surface area contributed by atoms with Crippen LogP contribution in [-0.4, -0.2) is 49.0 Å². The molecule has 1 amide bonds. The Balaban J connectivity index is 1.22. The number of amides is 1. The maximum absolute atomic E-state index is 14.7. The van der Waals surface area contributed by atoms with E-state index in [1.54, 1.807) is 35.2 Å². The minimum atomic E-state index is -0.652. The zero-order valence-corrected chi connectivity index (χ0v) is 23.2. The molecule has 0 spiro atoms. The van der Waals surface area contributed by atoms with Crippen LogP contribution in [0.3, 0.4) is 0 Å². The number of carbonyl (C=O) groups excluding carboxylic acids is 2. The number of Topliss-reactive ketones (excluding diaryl/α,β-unsaturated/α-hetero) is 1. The van der Waals surface area contributed by atoms with Crippen LogP contribution in [0.5, 0.6) is 0 Å². The first-order chi connectivity index (χ1) is 18.4. The summed E-state index contributed by atoms with van der Waals surface area (Å²) in [6.07, 6.45) is 3.72. The fourth-order valence-corrected chi connectivity index (χ4v) is 5.74. The predicted octanol–water partition coefficient (Wildman–Crippen LogP) is 6.73. The molecule has 0 radical (unpaired) electrons. The third-order valence-electron chi connectivity index (χ3n) is 7.32. The Bertz CT molecular complexity index is 1360. The van der Waals surface area contributed by atoms with Crippen molar-refractivity contribution in [3.8, 4) is 0 Å². The summed E-state index contributed by atoms with van der Waals surface area (Å²) in [5, 5.41) is 0.509. The Kier molecular flexibility index (Phi) is 8.36. The number of likely N-dealkylation sites (tertiary alicyclic amines) is 1. The highest BCUT2D eigenvalue weighted by Gasteiger charge is 2.29. The molecule has 3 aromatic rings. The summed E-state index contributed by atoms with van der Waals surface area (Å²) in [7, 11) is 0. The molecule has 38 heavy (non-hydrogen) atoms. The third kappa shape index (κ3) is 5.90. The highest BCUT2D eigenvalue weighted by molar-refractivity contribution is 9.10. The second-order valence-electron chi connectivity index (χ2n) is 9.74. The van der Waals surface area contributed by atoms with Crippen LogP contribution < -0.4 is 4.90 Å². The van der Waals surface area contributed by atoms with Crippen LogP contribution in [0.15, 0.2) is 76.2 Å². The lowest BCUT2D eigenvalue weighted by molar-refractivity contribution is -0.112. The van der Waals surface area contributed by atoms with E-state index >= 15 is 0 Å². The SMILES string of the molecule is O=C(c1ccc(Br)cc1)C1CCN(CCCN2C(=O)C=NC(c3ccccc3F)c3cc(Cl)ccc32)CC1. The number of halogens is 3. The van der Waals surface area contributed by atoms with E-state index in [4.69, 9.17) is 11.6 Å². The van der Waals surface area contributed by atoms with Gasteiger partial charge in [0, 0.05) is 44.3 Å². The Morgan fingerprint density at radius 2 is 1.74 bits per heavy atom. The number of benzene rings is 3. The van der Waals surface area contributed by atoms with Gasteiger partial charge in [-0.1, -0.05) is 57.9 Å². The molecule has 1 fully saturated rings. The highest BCUT2D eigenvalue weighted by atomic mass is 79.9. The molecule has 0 aromatic heterocycles. The van der Waals surface area contributed by atoms with E-state index < -0.39 is 6.04 Å². The summed E-state index contributed by atoms with van der Waals surface area (Å²) >= 11 is 9.73. The van der Waals surface area contributed by atoms with Crippen LogP contribution in [0.4, 0.5) is 10.1 Å². The molecule has 1 saturated heterocycles.